The molecule has 1 unspecified atom stereocenters. The van der Waals surface area contributed by atoms with Crippen LogP contribution in [0.25, 0.3) is 0 Å². The lowest BCUT2D eigenvalue weighted by atomic mass is 10.1. The van der Waals surface area contributed by atoms with E-state index in [0.29, 0.717) is 17.9 Å². The number of anilines is 1. The summed E-state index contributed by atoms with van der Waals surface area (Å²) in [6.45, 7) is 2.03. The Morgan fingerprint density at radius 3 is 2.74 bits per heavy atom. The number of hydrogen-bond donors (Lipinski definition) is 1. The molecular formula is C15H17NO2S. The summed E-state index contributed by atoms with van der Waals surface area (Å²) in [7, 11) is 0. The number of benzene rings is 1. The van der Waals surface area contributed by atoms with Gasteiger partial charge in [-0.05, 0) is 30.0 Å². The predicted molar refractivity (Wildman–Crippen MR) is 78.8 cm³/mol. The fraction of sp³-hybridized carbons (Fsp3) is 0.267. The molecule has 1 aromatic heterocycles. The number of ketones is 1. The molecule has 0 saturated heterocycles. The van der Waals surface area contributed by atoms with Gasteiger partial charge in [0.15, 0.2) is 6.10 Å². The summed E-state index contributed by atoms with van der Waals surface area (Å²) in [4.78, 5) is 13.1. The van der Waals surface area contributed by atoms with Crippen molar-refractivity contribution in [3.8, 4) is 5.75 Å². The van der Waals surface area contributed by atoms with Crippen molar-refractivity contribution in [3.05, 3.63) is 46.7 Å². The molecule has 0 bridgehead atoms. The third-order valence-corrected chi connectivity index (χ3v) is 3.68. The maximum absolute atomic E-state index is 12.4. The third-order valence-electron chi connectivity index (χ3n) is 2.80. The van der Waals surface area contributed by atoms with Gasteiger partial charge in [0.2, 0.25) is 5.78 Å². The molecule has 100 valence electrons. The third kappa shape index (κ3) is 3.35. The van der Waals surface area contributed by atoms with Gasteiger partial charge < -0.3 is 10.5 Å². The average molecular weight is 275 g/mol. The highest BCUT2D eigenvalue weighted by molar-refractivity contribution is 7.12. The molecule has 0 aliphatic carbocycles. The van der Waals surface area contributed by atoms with Crippen molar-refractivity contribution < 1.29 is 9.53 Å². The molecule has 0 amide bonds. The lowest BCUT2D eigenvalue weighted by Crippen LogP contribution is -2.27. The number of hydrogen-bond acceptors (Lipinski definition) is 4. The summed E-state index contributed by atoms with van der Waals surface area (Å²) >= 11 is 1.44. The van der Waals surface area contributed by atoms with Gasteiger partial charge in [0.25, 0.3) is 0 Å². The van der Waals surface area contributed by atoms with E-state index in [4.69, 9.17) is 10.5 Å². The Balaban J connectivity index is 2.17. The predicted octanol–water partition coefficient (Wildman–Crippen LogP) is 3.76. The Labute approximate surface area is 117 Å². The molecule has 2 aromatic rings. The fourth-order valence-electron chi connectivity index (χ4n) is 1.82. The molecule has 1 heterocycles. The minimum atomic E-state index is -0.464. The SMILES string of the molecule is CCCC(Oc1ccccc1N)C(=O)c1cccs1. The highest BCUT2D eigenvalue weighted by Crippen LogP contribution is 2.24. The summed E-state index contributed by atoms with van der Waals surface area (Å²) in [5.74, 6) is 0.603. The maximum Gasteiger partial charge on any atom is 0.213 e. The summed E-state index contributed by atoms with van der Waals surface area (Å²) in [5, 5.41) is 1.90. The van der Waals surface area contributed by atoms with Gasteiger partial charge in [-0.25, -0.2) is 0 Å². The van der Waals surface area contributed by atoms with Crippen LogP contribution in [-0.2, 0) is 0 Å². The lowest BCUT2D eigenvalue weighted by molar-refractivity contribution is 0.0783. The van der Waals surface area contributed by atoms with E-state index in [1.54, 1.807) is 12.1 Å². The van der Waals surface area contributed by atoms with Crippen molar-refractivity contribution in [1.29, 1.82) is 0 Å². The first-order valence-corrected chi connectivity index (χ1v) is 7.19. The van der Waals surface area contributed by atoms with Crippen LogP contribution in [0.1, 0.15) is 29.4 Å². The molecular weight excluding hydrogens is 258 g/mol. The van der Waals surface area contributed by atoms with E-state index in [9.17, 15) is 4.79 Å². The topological polar surface area (TPSA) is 52.3 Å². The summed E-state index contributed by atoms with van der Waals surface area (Å²) in [6.07, 6.45) is 1.10. The van der Waals surface area contributed by atoms with E-state index in [1.807, 2.05) is 36.6 Å². The second-order valence-corrected chi connectivity index (χ2v) is 5.22. The highest BCUT2D eigenvalue weighted by atomic mass is 32.1. The summed E-state index contributed by atoms with van der Waals surface area (Å²) < 4.78 is 5.80. The molecule has 2 N–H and O–H groups in total. The number of nitrogen functional groups attached to an aromatic ring is 1. The van der Waals surface area contributed by atoms with Gasteiger partial charge >= 0.3 is 0 Å². The molecule has 4 heteroatoms. The maximum atomic E-state index is 12.4. The quantitative estimate of drug-likeness (QED) is 0.645. The van der Waals surface area contributed by atoms with Gasteiger partial charge in [-0.15, -0.1) is 11.3 Å². The van der Waals surface area contributed by atoms with Crippen LogP contribution in [-0.4, -0.2) is 11.9 Å². The monoisotopic (exact) mass is 275 g/mol. The van der Waals surface area contributed by atoms with Crippen LogP contribution in [0.3, 0.4) is 0 Å². The van der Waals surface area contributed by atoms with E-state index < -0.39 is 6.10 Å². The first-order chi connectivity index (χ1) is 9.22. The van der Waals surface area contributed by atoms with E-state index in [1.165, 1.54) is 11.3 Å². The standard InChI is InChI=1S/C15H17NO2S/c1-2-6-13(15(17)14-9-5-10-19-14)18-12-8-4-3-7-11(12)16/h3-5,7-10,13H,2,6,16H2,1H3. The second-order valence-electron chi connectivity index (χ2n) is 4.27. The Bertz CT molecular complexity index is 537. The zero-order chi connectivity index (χ0) is 13.7. The molecule has 1 atom stereocenters. The molecule has 0 fully saturated rings. The Kier molecular flexibility index (Phi) is 4.58. The van der Waals surface area contributed by atoms with Crippen LogP contribution in [0.15, 0.2) is 41.8 Å². The molecule has 0 saturated carbocycles. The van der Waals surface area contributed by atoms with E-state index >= 15 is 0 Å². The van der Waals surface area contributed by atoms with E-state index in [-0.39, 0.29) is 5.78 Å². The summed E-state index contributed by atoms with van der Waals surface area (Å²) in [5.41, 5.74) is 6.41. The highest BCUT2D eigenvalue weighted by Gasteiger charge is 2.22. The minimum absolute atomic E-state index is 0.0279. The normalized spacial score (nSPS) is 12.1. The number of Topliss-reactive ketones (excluding diaryl/α,β-unsaturated/α-hetero) is 1. The van der Waals surface area contributed by atoms with Gasteiger partial charge in [-0.3, -0.25) is 4.79 Å². The van der Waals surface area contributed by atoms with Crippen LogP contribution >= 0.6 is 11.3 Å². The molecule has 0 aliphatic heterocycles. The molecule has 0 spiro atoms. The van der Waals surface area contributed by atoms with Crippen LogP contribution < -0.4 is 10.5 Å². The second kappa shape index (κ2) is 6.38. The smallest absolute Gasteiger partial charge is 0.213 e. The molecule has 1 aromatic carbocycles. The number of thiophene rings is 1. The van der Waals surface area contributed by atoms with Crippen LogP contribution in [0.2, 0.25) is 0 Å². The zero-order valence-corrected chi connectivity index (χ0v) is 11.7. The minimum Gasteiger partial charge on any atom is -0.480 e. The van der Waals surface area contributed by atoms with Gasteiger partial charge in [0.05, 0.1) is 10.6 Å². The lowest BCUT2D eigenvalue weighted by Gasteiger charge is -2.18. The van der Waals surface area contributed by atoms with Gasteiger partial charge in [-0.2, -0.15) is 0 Å². The largest absolute Gasteiger partial charge is 0.480 e. The van der Waals surface area contributed by atoms with Gasteiger partial charge in [0.1, 0.15) is 5.75 Å². The summed E-state index contributed by atoms with van der Waals surface area (Å²) in [6, 6.07) is 11.0. The van der Waals surface area contributed by atoms with Crippen molar-refractivity contribution in [2.24, 2.45) is 0 Å². The Hall–Kier alpha value is -1.81. The zero-order valence-electron chi connectivity index (χ0n) is 10.8. The number of carbonyl (C=O) groups is 1. The van der Waals surface area contributed by atoms with Gasteiger partial charge in [-0.1, -0.05) is 31.5 Å². The Morgan fingerprint density at radius 2 is 2.11 bits per heavy atom. The first kappa shape index (κ1) is 13.6. The average Bonchev–Trinajstić information content (AvgIpc) is 2.94. The number of rotatable bonds is 6. The van der Waals surface area contributed by atoms with E-state index in [2.05, 4.69) is 0 Å². The molecule has 2 rings (SSSR count). The van der Waals surface area contributed by atoms with Crippen molar-refractivity contribution in [2.75, 3.05) is 5.73 Å². The van der Waals surface area contributed by atoms with E-state index in [0.717, 1.165) is 11.3 Å². The van der Waals surface area contributed by atoms with Gasteiger partial charge in [0, 0.05) is 0 Å². The van der Waals surface area contributed by atoms with Crippen molar-refractivity contribution in [2.45, 2.75) is 25.9 Å². The number of carbonyl (C=O) groups excluding carboxylic acids is 1. The van der Waals surface area contributed by atoms with Crippen molar-refractivity contribution in [1.82, 2.24) is 0 Å². The van der Waals surface area contributed by atoms with Crippen molar-refractivity contribution >= 4 is 22.8 Å². The molecule has 0 aliphatic rings. The molecule has 0 radical (unpaired) electrons. The Morgan fingerprint density at radius 1 is 1.32 bits per heavy atom. The number of para-hydroxylation sites is 2. The first-order valence-electron chi connectivity index (χ1n) is 6.31. The van der Waals surface area contributed by atoms with Crippen molar-refractivity contribution in [3.63, 3.8) is 0 Å². The number of nitrogens with two attached hydrogens (primary N) is 1. The number of ether oxygens (including phenoxy) is 1. The van der Waals surface area contributed by atoms with Crippen LogP contribution in [0, 0.1) is 0 Å². The van der Waals surface area contributed by atoms with Crippen LogP contribution in [0.4, 0.5) is 5.69 Å². The molecule has 19 heavy (non-hydrogen) atoms. The fourth-order valence-corrected chi connectivity index (χ4v) is 2.53. The molecule has 3 nitrogen and oxygen atoms in total. The van der Waals surface area contributed by atoms with Crippen LogP contribution in [0.5, 0.6) is 5.75 Å².